The highest BCUT2D eigenvalue weighted by molar-refractivity contribution is 5.48. The lowest BCUT2D eigenvalue weighted by atomic mass is 10.0. The fourth-order valence-electron chi connectivity index (χ4n) is 1.51. The maximum Gasteiger partial charge on any atom is 0.167 e. The maximum absolute atomic E-state index is 13.4. The second-order valence-electron chi connectivity index (χ2n) is 2.98. The van der Waals surface area contributed by atoms with E-state index in [1.165, 1.54) is 0 Å². The van der Waals surface area contributed by atoms with E-state index in [1.54, 1.807) is 25.3 Å². The second-order valence-corrected chi connectivity index (χ2v) is 2.98. The van der Waals surface area contributed by atoms with E-state index in [2.05, 4.69) is 0 Å². The minimum Gasteiger partial charge on any atom is -0.493 e. The molecule has 3 heteroatoms. The molecule has 1 heterocycles. The van der Waals surface area contributed by atoms with Gasteiger partial charge in [0.05, 0.1) is 13.7 Å². The number of ether oxygens (including phenoxy) is 2. The number of methoxy groups -OCH3 is 1. The van der Waals surface area contributed by atoms with Crippen LogP contribution in [0.2, 0.25) is 0 Å². The molecule has 2 rings (SSSR count). The average molecular weight is 182 g/mol. The highest BCUT2D eigenvalue weighted by atomic mass is 19.1. The first-order chi connectivity index (χ1) is 6.33. The fraction of sp³-hybridized carbons (Fsp3) is 0.400. The monoisotopic (exact) mass is 182 g/mol. The largest absolute Gasteiger partial charge is 0.493 e. The number of alkyl halides is 1. The molecule has 1 aromatic carbocycles. The van der Waals surface area contributed by atoms with Gasteiger partial charge in [-0.1, -0.05) is 12.1 Å². The molecule has 13 heavy (non-hydrogen) atoms. The van der Waals surface area contributed by atoms with Crippen molar-refractivity contribution in [1.82, 2.24) is 0 Å². The van der Waals surface area contributed by atoms with E-state index in [-0.39, 0.29) is 0 Å². The van der Waals surface area contributed by atoms with E-state index in [0.717, 1.165) is 0 Å². The summed E-state index contributed by atoms with van der Waals surface area (Å²) < 4.78 is 23.8. The third-order valence-corrected chi connectivity index (χ3v) is 2.18. The zero-order valence-electron chi connectivity index (χ0n) is 7.42. The summed E-state index contributed by atoms with van der Waals surface area (Å²) >= 11 is 0. The molecular weight excluding hydrogens is 171 g/mol. The Balaban J connectivity index is 2.48. The number of fused-ring (bicyclic) bond motifs is 1. The first-order valence-corrected chi connectivity index (χ1v) is 4.26. The molecule has 0 saturated carbocycles. The minimum absolute atomic E-state index is 0.425. The Bertz CT molecular complexity index is 312. The molecule has 1 aliphatic rings. The van der Waals surface area contributed by atoms with Crippen LogP contribution in [0, 0.1) is 0 Å². The van der Waals surface area contributed by atoms with E-state index in [1.807, 2.05) is 0 Å². The predicted octanol–water partition coefficient (Wildman–Crippen LogP) is 2.49. The molecule has 0 aliphatic carbocycles. The molecular formula is C10H11FO2. The summed E-state index contributed by atoms with van der Waals surface area (Å²) in [6, 6.07) is 5.29. The Hall–Kier alpha value is -1.25. The molecule has 0 bridgehead atoms. The summed E-state index contributed by atoms with van der Waals surface area (Å²) in [6.07, 6.45) is -0.487. The lowest BCUT2D eigenvalue weighted by Crippen LogP contribution is -2.11. The standard InChI is InChI=1S/C10H11FO2/c1-12-9-4-2-3-7-8(11)5-6-13-10(7)9/h2-4,8H,5-6H2,1H3. The summed E-state index contributed by atoms with van der Waals surface area (Å²) in [7, 11) is 1.56. The van der Waals surface area contributed by atoms with Crippen molar-refractivity contribution < 1.29 is 13.9 Å². The molecule has 1 aliphatic heterocycles. The van der Waals surface area contributed by atoms with Gasteiger partial charge < -0.3 is 9.47 Å². The molecule has 2 nitrogen and oxygen atoms in total. The minimum atomic E-state index is -0.918. The third kappa shape index (κ3) is 1.34. The maximum atomic E-state index is 13.4. The second kappa shape index (κ2) is 3.24. The van der Waals surface area contributed by atoms with Gasteiger partial charge in [0.1, 0.15) is 6.17 Å². The van der Waals surface area contributed by atoms with Crippen molar-refractivity contribution in [2.45, 2.75) is 12.6 Å². The number of hydrogen-bond acceptors (Lipinski definition) is 2. The Labute approximate surface area is 76.3 Å². The summed E-state index contributed by atoms with van der Waals surface area (Å²) in [4.78, 5) is 0. The highest BCUT2D eigenvalue weighted by Crippen LogP contribution is 2.40. The van der Waals surface area contributed by atoms with Crippen LogP contribution in [0.25, 0.3) is 0 Å². The van der Waals surface area contributed by atoms with Gasteiger partial charge >= 0.3 is 0 Å². The van der Waals surface area contributed by atoms with Crippen molar-refractivity contribution in [3.63, 3.8) is 0 Å². The van der Waals surface area contributed by atoms with Gasteiger partial charge in [-0.25, -0.2) is 4.39 Å². The molecule has 0 aromatic heterocycles. The average Bonchev–Trinajstić information content (AvgIpc) is 2.18. The van der Waals surface area contributed by atoms with Crippen molar-refractivity contribution in [3.8, 4) is 11.5 Å². The smallest absolute Gasteiger partial charge is 0.167 e. The van der Waals surface area contributed by atoms with E-state index in [9.17, 15) is 4.39 Å². The van der Waals surface area contributed by atoms with Gasteiger partial charge in [0.15, 0.2) is 11.5 Å². The molecule has 1 unspecified atom stereocenters. The van der Waals surface area contributed by atoms with Crippen molar-refractivity contribution >= 4 is 0 Å². The molecule has 1 aromatic rings. The van der Waals surface area contributed by atoms with Gasteiger partial charge in [0.2, 0.25) is 0 Å². The highest BCUT2D eigenvalue weighted by Gasteiger charge is 2.23. The first-order valence-electron chi connectivity index (χ1n) is 4.26. The third-order valence-electron chi connectivity index (χ3n) is 2.18. The van der Waals surface area contributed by atoms with E-state index in [4.69, 9.17) is 9.47 Å². The van der Waals surface area contributed by atoms with Crippen LogP contribution in [-0.2, 0) is 0 Å². The van der Waals surface area contributed by atoms with Gasteiger partial charge in [-0.3, -0.25) is 0 Å². The van der Waals surface area contributed by atoms with Crippen LogP contribution in [-0.4, -0.2) is 13.7 Å². The van der Waals surface area contributed by atoms with Crippen molar-refractivity contribution in [1.29, 1.82) is 0 Å². The predicted molar refractivity (Wildman–Crippen MR) is 47.0 cm³/mol. The molecule has 0 radical (unpaired) electrons. The van der Waals surface area contributed by atoms with Crippen LogP contribution in [0.5, 0.6) is 11.5 Å². The lowest BCUT2D eigenvalue weighted by molar-refractivity contribution is 0.192. The number of halogens is 1. The molecule has 0 N–H and O–H groups in total. The van der Waals surface area contributed by atoms with E-state index < -0.39 is 6.17 Å². The zero-order chi connectivity index (χ0) is 9.26. The lowest BCUT2D eigenvalue weighted by Gasteiger charge is -2.22. The fourth-order valence-corrected chi connectivity index (χ4v) is 1.51. The SMILES string of the molecule is COc1cccc2c1OCCC2F. The number of para-hydroxylation sites is 1. The van der Waals surface area contributed by atoms with Crippen LogP contribution in [0.1, 0.15) is 18.2 Å². The zero-order valence-corrected chi connectivity index (χ0v) is 7.42. The van der Waals surface area contributed by atoms with Gasteiger partial charge in [-0.15, -0.1) is 0 Å². The number of rotatable bonds is 1. The van der Waals surface area contributed by atoms with Crippen LogP contribution >= 0.6 is 0 Å². The van der Waals surface area contributed by atoms with Crippen LogP contribution in [0.4, 0.5) is 4.39 Å². The summed E-state index contributed by atoms with van der Waals surface area (Å²) in [5, 5.41) is 0. The molecule has 0 fully saturated rings. The number of hydrogen-bond donors (Lipinski definition) is 0. The molecule has 0 saturated heterocycles. The first kappa shape index (κ1) is 8.35. The Morgan fingerprint density at radius 3 is 3.15 bits per heavy atom. The molecule has 70 valence electrons. The van der Waals surface area contributed by atoms with Crippen molar-refractivity contribution in [2.75, 3.05) is 13.7 Å². The van der Waals surface area contributed by atoms with E-state index >= 15 is 0 Å². The summed E-state index contributed by atoms with van der Waals surface area (Å²) in [6.45, 7) is 0.425. The van der Waals surface area contributed by atoms with Gasteiger partial charge in [-0.05, 0) is 6.07 Å². The topological polar surface area (TPSA) is 18.5 Å². The Kier molecular flexibility index (Phi) is 2.08. The van der Waals surface area contributed by atoms with Gasteiger partial charge in [0.25, 0.3) is 0 Å². The van der Waals surface area contributed by atoms with Crippen LogP contribution in [0.3, 0.4) is 0 Å². The van der Waals surface area contributed by atoms with Crippen LogP contribution < -0.4 is 9.47 Å². The van der Waals surface area contributed by atoms with E-state index in [0.29, 0.717) is 30.1 Å². The number of benzene rings is 1. The van der Waals surface area contributed by atoms with Crippen molar-refractivity contribution in [2.24, 2.45) is 0 Å². The molecule has 1 atom stereocenters. The van der Waals surface area contributed by atoms with Crippen LogP contribution in [0.15, 0.2) is 18.2 Å². The molecule has 0 amide bonds. The quantitative estimate of drug-likeness (QED) is 0.664. The Morgan fingerprint density at radius 2 is 2.38 bits per heavy atom. The van der Waals surface area contributed by atoms with Crippen molar-refractivity contribution in [3.05, 3.63) is 23.8 Å². The molecule has 0 spiro atoms. The summed E-state index contributed by atoms with van der Waals surface area (Å²) in [5.74, 6) is 1.17. The van der Waals surface area contributed by atoms with Gasteiger partial charge in [-0.2, -0.15) is 0 Å². The summed E-state index contributed by atoms with van der Waals surface area (Å²) in [5.41, 5.74) is 0.602. The normalized spacial score (nSPS) is 20.3. The Morgan fingerprint density at radius 1 is 1.54 bits per heavy atom. The van der Waals surface area contributed by atoms with Gasteiger partial charge in [0, 0.05) is 12.0 Å².